The van der Waals surface area contributed by atoms with E-state index in [4.69, 9.17) is 5.11 Å². The van der Waals surface area contributed by atoms with Crippen LogP contribution in [0.4, 0.5) is 0 Å². The van der Waals surface area contributed by atoms with Gasteiger partial charge in [0.25, 0.3) is 0 Å². The molecule has 0 spiro atoms. The Bertz CT molecular complexity index is 148. The first-order chi connectivity index (χ1) is 5.85. The number of rotatable bonds is 4. The van der Waals surface area contributed by atoms with Crippen molar-refractivity contribution in [1.29, 1.82) is 0 Å². The standard InChI is InChI=1S/C10H19NO/c12-8-10(5-6-10)11-7-9-3-1-2-4-9/h9,11-12H,1-8H2. The maximum atomic E-state index is 9.07. The van der Waals surface area contributed by atoms with Crippen LogP contribution in [0.2, 0.25) is 0 Å². The molecular weight excluding hydrogens is 150 g/mol. The number of aliphatic hydroxyl groups is 1. The Labute approximate surface area is 74.4 Å². The Balaban J connectivity index is 1.67. The van der Waals surface area contributed by atoms with Gasteiger partial charge in [-0.25, -0.2) is 0 Å². The van der Waals surface area contributed by atoms with Crippen LogP contribution >= 0.6 is 0 Å². The van der Waals surface area contributed by atoms with Crippen LogP contribution in [0, 0.1) is 5.92 Å². The highest BCUT2D eigenvalue weighted by Crippen LogP contribution is 2.35. The normalized spacial score (nSPS) is 27.8. The van der Waals surface area contributed by atoms with Gasteiger partial charge in [-0.3, -0.25) is 0 Å². The van der Waals surface area contributed by atoms with Gasteiger partial charge in [-0.2, -0.15) is 0 Å². The second kappa shape index (κ2) is 3.35. The van der Waals surface area contributed by atoms with Crippen LogP contribution in [0.3, 0.4) is 0 Å². The van der Waals surface area contributed by atoms with Crippen molar-refractivity contribution >= 4 is 0 Å². The molecule has 0 bridgehead atoms. The van der Waals surface area contributed by atoms with E-state index in [9.17, 15) is 0 Å². The van der Waals surface area contributed by atoms with Gasteiger partial charge in [0.05, 0.1) is 6.61 Å². The first kappa shape index (κ1) is 8.52. The highest BCUT2D eigenvalue weighted by atomic mass is 16.3. The largest absolute Gasteiger partial charge is 0.394 e. The van der Waals surface area contributed by atoms with Gasteiger partial charge in [0.15, 0.2) is 0 Å². The first-order valence-electron chi connectivity index (χ1n) is 5.21. The Kier molecular flexibility index (Phi) is 2.37. The highest BCUT2D eigenvalue weighted by Gasteiger charge is 2.41. The fourth-order valence-electron chi connectivity index (χ4n) is 2.12. The minimum absolute atomic E-state index is 0.155. The summed E-state index contributed by atoms with van der Waals surface area (Å²) in [5, 5.41) is 12.6. The Morgan fingerprint density at radius 1 is 1.25 bits per heavy atom. The molecule has 2 rings (SSSR count). The summed E-state index contributed by atoms with van der Waals surface area (Å²) in [6, 6.07) is 0. The molecule has 0 aromatic rings. The highest BCUT2D eigenvalue weighted by molar-refractivity contribution is 5.01. The first-order valence-corrected chi connectivity index (χ1v) is 5.21. The fourth-order valence-corrected chi connectivity index (χ4v) is 2.12. The van der Waals surface area contributed by atoms with Crippen LogP contribution in [0.1, 0.15) is 38.5 Å². The van der Waals surface area contributed by atoms with Crippen molar-refractivity contribution in [2.75, 3.05) is 13.2 Å². The average molecular weight is 169 g/mol. The van der Waals surface area contributed by atoms with Crippen LogP contribution < -0.4 is 5.32 Å². The number of aliphatic hydroxyl groups excluding tert-OH is 1. The van der Waals surface area contributed by atoms with Crippen LogP contribution in [-0.2, 0) is 0 Å². The zero-order valence-corrected chi connectivity index (χ0v) is 7.68. The SMILES string of the molecule is OCC1(NCC2CCCC2)CC1. The summed E-state index contributed by atoms with van der Waals surface area (Å²) in [6.07, 6.45) is 7.98. The average Bonchev–Trinajstić information content (AvgIpc) is 2.70. The van der Waals surface area contributed by atoms with Crippen molar-refractivity contribution < 1.29 is 5.11 Å². The van der Waals surface area contributed by atoms with E-state index < -0.39 is 0 Å². The lowest BCUT2D eigenvalue weighted by atomic mass is 10.1. The zero-order valence-electron chi connectivity index (χ0n) is 7.68. The third kappa shape index (κ3) is 1.80. The minimum atomic E-state index is 0.155. The predicted octanol–water partition coefficient (Wildman–Crippen LogP) is 1.29. The van der Waals surface area contributed by atoms with E-state index >= 15 is 0 Å². The summed E-state index contributed by atoms with van der Waals surface area (Å²) in [7, 11) is 0. The molecule has 0 aliphatic heterocycles. The topological polar surface area (TPSA) is 32.3 Å². The molecule has 0 saturated heterocycles. The van der Waals surface area contributed by atoms with Crippen LogP contribution in [0.5, 0.6) is 0 Å². The van der Waals surface area contributed by atoms with E-state index in [2.05, 4.69) is 5.32 Å². The summed E-state index contributed by atoms with van der Waals surface area (Å²) in [5.41, 5.74) is 0.155. The van der Waals surface area contributed by atoms with Crippen molar-refractivity contribution in [2.45, 2.75) is 44.1 Å². The number of hydrogen-bond donors (Lipinski definition) is 2. The molecule has 2 fully saturated rings. The molecule has 0 unspecified atom stereocenters. The zero-order chi connectivity index (χ0) is 8.44. The number of nitrogens with one attached hydrogen (secondary N) is 1. The van der Waals surface area contributed by atoms with Crippen LogP contribution in [0.25, 0.3) is 0 Å². The van der Waals surface area contributed by atoms with E-state index in [1.165, 1.54) is 38.5 Å². The van der Waals surface area contributed by atoms with Crippen molar-refractivity contribution in [3.63, 3.8) is 0 Å². The molecule has 2 heteroatoms. The van der Waals surface area contributed by atoms with Crippen LogP contribution in [-0.4, -0.2) is 23.8 Å². The second-order valence-corrected chi connectivity index (χ2v) is 4.47. The summed E-state index contributed by atoms with van der Waals surface area (Å²) >= 11 is 0. The van der Waals surface area contributed by atoms with Gasteiger partial charge in [-0.15, -0.1) is 0 Å². The van der Waals surface area contributed by atoms with E-state index in [0.717, 1.165) is 12.5 Å². The van der Waals surface area contributed by atoms with Crippen molar-refractivity contribution in [3.05, 3.63) is 0 Å². The Hall–Kier alpha value is -0.0800. The fraction of sp³-hybridized carbons (Fsp3) is 1.00. The second-order valence-electron chi connectivity index (χ2n) is 4.47. The lowest BCUT2D eigenvalue weighted by molar-refractivity contribution is 0.225. The van der Waals surface area contributed by atoms with E-state index in [0.29, 0.717) is 6.61 Å². The third-order valence-electron chi connectivity index (χ3n) is 3.40. The van der Waals surface area contributed by atoms with Gasteiger partial charge in [0, 0.05) is 5.54 Å². The van der Waals surface area contributed by atoms with Gasteiger partial charge in [-0.1, -0.05) is 12.8 Å². The molecule has 12 heavy (non-hydrogen) atoms. The molecule has 2 nitrogen and oxygen atoms in total. The Morgan fingerprint density at radius 3 is 2.42 bits per heavy atom. The van der Waals surface area contributed by atoms with Gasteiger partial charge in [-0.05, 0) is 38.1 Å². The lowest BCUT2D eigenvalue weighted by Gasteiger charge is -2.17. The molecule has 0 atom stereocenters. The molecule has 0 aromatic heterocycles. The van der Waals surface area contributed by atoms with E-state index in [1.54, 1.807) is 0 Å². The molecule has 0 heterocycles. The Morgan fingerprint density at radius 2 is 1.92 bits per heavy atom. The molecule has 0 radical (unpaired) electrons. The van der Waals surface area contributed by atoms with Gasteiger partial charge >= 0.3 is 0 Å². The molecular formula is C10H19NO. The van der Waals surface area contributed by atoms with Gasteiger partial charge < -0.3 is 10.4 Å². The molecule has 2 aliphatic carbocycles. The quantitative estimate of drug-likeness (QED) is 0.664. The van der Waals surface area contributed by atoms with Crippen LogP contribution in [0.15, 0.2) is 0 Å². The predicted molar refractivity (Wildman–Crippen MR) is 49.0 cm³/mol. The van der Waals surface area contributed by atoms with Gasteiger partial charge in [0.2, 0.25) is 0 Å². The molecule has 2 N–H and O–H groups in total. The minimum Gasteiger partial charge on any atom is -0.394 e. The summed E-state index contributed by atoms with van der Waals surface area (Å²) in [6.45, 7) is 1.47. The summed E-state index contributed by atoms with van der Waals surface area (Å²) in [4.78, 5) is 0. The van der Waals surface area contributed by atoms with Crippen molar-refractivity contribution in [1.82, 2.24) is 5.32 Å². The van der Waals surface area contributed by atoms with Crippen molar-refractivity contribution in [2.24, 2.45) is 5.92 Å². The monoisotopic (exact) mass is 169 g/mol. The van der Waals surface area contributed by atoms with Crippen molar-refractivity contribution in [3.8, 4) is 0 Å². The smallest absolute Gasteiger partial charge is 0.0613 e. The summed E-state index contributed by atoms with van der Waals surface area (Å²) < 4.78 is 0. The van der Waals surface area contributed by atoms with E-state index in [-0.39, 0.29) is 5.54 Å². The molecule has 0 aromatic carbocycles. The lowest BCUT2D eigenvalue weighted by Crippen LogP contribution is -2.37. The molecule has 0 amide bonds. The molecule has 70 valence electrons. The maximum absolute atomic E-state index is 9.07. The molecule has 2 saturated carbocycles. The van der Waals surface area contributed by atoms with Gasteiger partial charge in [0.1, 0.15) is 0 Å². The molecule has 2 aliphatic rings. The maximum Gasteiger partial charge on any atom is 0.0613 e. The van der Waals surface area contributed by atoms with E-state index in [1.807, 2.05) is 0 Å². The third-order valence-corrected chi connectivity index (χ3v) is 3.40. The number of hydrogen-bond acceptors (Lipinski definition) is 2. The summed E-state index contributed by atoms with van der Waals surface area (Å²) in [5.74, 6) is 0.897.